The van der Waals surface area contributed by atoms with Crippen LogP contribution in [0.4, 0.5) is 0 Å². The standard InChI is InChI=1S/C10H19N3OS/c1-15-7-2-8-9(14)13-10(12-8)3-5-11-6-4-10/h8,11-12H,2-7H2,1H3,(H,13,14). The van der Waals surface area contributed by atoms with E-state index in [1.54, 1.807) is 11.8 Å². The number of thioether (sulfide) groups is 1. The largest absolute Gasteiger partial charge is 0.337 e. The van der Waals surface area contributed by atoms with E-state index in [2.05, 4.69) is 22.2 Å². The molecule has 2 saturated heterocycles. The topological polar surface area (TPSA) is 53.2 Å². The Hall–Kier alpha value is -0.260. The lowest BCUT2D eigenvalue weighted by Crippen LogP contribution is -2.56. The van der Waals surface area contributed by atoms with Crippen LogP contribution in [0.2, 0.25) is 0 Å². The van der Waals surface area contributed by atoms with Crippen molar-refractivity contribution in [3.63, 3.8) is 0 Å². The van der Waals surface area contributed by atoms with Crippen LogP contribution in [-0.4, -0.2) is 42.7 Å². The minimum Gasteiger partial charge on any atom is -0.337 e. The molecule has 3 N–H and O–H groups in total. The molecule has 1 amide bonds. The van der Waals surface area contributed by atoms with E-state index in [9.17, 15) is 4.79 Å². The number of amides is 1. The average molecular weight is 229 g/mol. The summed E-state index contributed by atoms with van der Waals surface area (Å²) in [7, 11) is 0. The van der Waals surface area contributed by atoms with Gasteiger partial charge in [-0.15, -0.1) is 0 Å². The van der Waals surface area contributed by atoms with Crippen LogP contribution >= 0.6 is 11.8 Å². The average Bonchev–Trinajstić information content (AvgIpc) is 2.53. The zero-order valence-corrected chi connectivity index (χ0v) is 9.95. The van der Waals surface area contributed by atoms with Crippen LogP contribution < -0.4 is 16.0 Å². The molecule has 86 valence electrons. The van der Waals surface area contributed by atoms with Gasteiger partial charge in [0.15, 0.2) is 0 Å². The van der Waals surface area contributed by atoms with Crippen molar-refractivity contribution in [3.05, 3.63) is 0 Å². The molecule has 1 atom stereocenters. The van der Waals surface area contributed by atoms with E-state index in [4.69, 9.17) is 0 Å². The van der Waals surface area contributed by atoms with Gasteiger partial charge in [-0.1, -0.05) is 0 Å². The first-order valence-corrected chi connectivity index (χ1v) is 6.94. The molecular formula is C10H19N3OS. The number of carbonyl (C=O) groups is 1. The van der Waals surface area contributed by atoms with Crippen LogP contribution in [0.15, 0.2) is 0 Å². The Bertz CT molecular complexity index is 241. The number of nitrogens with one attached hydrogen (secondary N) is 3. The van der Waals surface area contributed by atoms with Crippen molar-refractivity contribution in [3.8, 4) is 0 Å². The highest BCUT2D eigenvalue weighted by Crippen LogP contribution is 2.22. The van der Waals surface area contributed by atoms with Crippen molar-refractivity contribution < 1.29 is 4.79 Å². The summed E-state index contributed by atoms with van der Waals surface area (Å²) in [5.41, 5.74) is -0.106. The smallest absolute Gasteiger partial charge is 0.238 e. The first-order valence-electron chi connectivity index (χ1n) is 5.55. The van der Waals surface area contributed by atoms with E-state index in [0.717, 1.165) is 38.1 Å². The minimum atomic E-state index is -0.106. The lowest BCUT2D eigenvalue weighted by atomic mass is 9.99. The van der Waals surface area contributed by atoms with Crippen molar-refractivity contribution in [2.45, 2.75) is 31.0 Å². The van der Waals surface area contributed by atoms with Gasteiger partial charge in [0.05, 0.1) is 11.7 Å². The fourth-order valence-corrected chi connectivity index (χ4v) is 2.79. The molecule has 1 unspecified atom stereocenters. The number of hydrogen-bond donors (Lipinski definition) is 3. The Labute approximate surface area is 94.9 Å². The summed E-state index contributed by atoms with van der Waals surface area (Å²) in [4.78, 5) is 11.8. The van der Waals surface area contributed by atoms with Gasteiger partial charge in [-0.05, 0) is 44.4 Å². The van der Waals surface area contributed by atoms with Crippen LogP contribution in [0.5, 0.6) is 0 Å². The van der Waals surface area contributed by atoms with Crippen LogP contribution in [0.3, 0.4) is 0 Å². The summed E-state index contributed by atoms with van der Waals surface area (Å²) in [5, 5.41) is 9.92. The van der Waals surface area contributed by atoms with Gasteiger partial charge >= 0.3 is 0 Å². The molecule has 2 fully saturated rings. The molecule has 4 nitrogen and oxygen atoms in total. The molecule has 0 bridgehead atoms. The second kappa shape index (κ2) is 4.72. The van der Waals surface area contributed by atoms with E-state index in [-0.39, 0.29) is 17.6 Å². The van der Waals surface area contributed by atoms with Crippen molar-refractivity contribution in [1.29, 1.82) is 0 Å². The molecule has 5 heteroatoms. The molecule has 0 radical (unpaired) electrons. The zero-order chi connectivity index (χ0) is 10.7. The van der Waals surface area contributed by atoms with Gasteiger partial charge in [0, 0.05) is 0 Å². The van der Waals surface area contributed by atoms with E-state index < -0.39 is 0 Å². The Morgan fingerprint density at radius 3 is 2.87 bits per heavy atom. The molecule has 15 heavy (non-hydrogen) atoms. The summed E-state index contributed by atoms with van der Waals surface area (Å²) < 4.78 is 0. The van der Waals surface area contributed by atoms with Crippen molar-refractivity contribution in [2.24, 2.45) is 0 Å². The zero-order valence-electron chi connectivity index (χ0n) is 9.14. The first kappa shape index (κ1) is 11.2. The third-order valence-electron chi connectivity index (χ3n) is 3.20. The molecule has 2 aliphatic heterocycles. The van der Waals surface area contributed by atoms with E-state index in [0.29, 0.717) is 0 Å². The highest BCUT2D eigenvalue weighted by Gasteiger charge is 2.43. The van der Waals surface area contributed by atoms with E-state index >= 15 is 0 Å². The van der Waals surface area contributed by atoms with Crippen molar-refractivity contribution in [2.75, 3.05) is 25.1 Å². The minimum absolute atomic E-state index is 0.0237. The van der Waals surface area contributed by atoms with Crippen molar-refractivity contribution in [1.82, 2.24) is 16.0 Å². The molecule has 2 heterocycles. The number of piperidine rings is 1. The maximum atomic E-state index is 11.8. The van der Waals surface area contributed by atoms with Gasteiger partial charge < -0.3 is 10.6 Å². The molecule has 0 aliphatic carbocycles. The Morgan fingerprint density at radius 2 is 2.20 bits per heavy atom. The Kier molecular flexibility index (Phi) is 3.53. The fraction of sp³-hybridized carbons (Fsp3) is 0.900. The number of hydrogen-bond acceptors (Lipinski definition) is 4. The molecular weight excluding hydrogens is 210 g/mol. The summed E-state index contributed by atoms with van der Waals surface area (Å²) in [6, 6.07) is 0.0237. The van der Waals surface area contributed by atoms with Gasteiger partial charge in [0.25, 0.3) is 0 Å². The second-order valence-corrected chi connectivity index (χ2v) is 5.29. The quantitative estimate of drug-likeness (QED) is 0.633. The lowest BCUT2D eigenvalue weighted by molar-refractivity contribution is -0.121. The third kappa shape index (κ3) is 2.46. The summed E-state index contributed by atoms with van der Waals surface area (Å²) in [6.07, 6.45) is 5.00. The summed E-state index contributed by atoms with van der Waals surface area (Å²) >= 11 is 1.79. The molecule has 0 aromatic rings. The van der Waals surface area contributed by atoms with Crippen LogP contribution in [-0.2, 0) is 4.79 Å². The second-order valence-electron chi connectivity index (χ2n) is 4.30. The molecule has 1 spiro atoms. The van der Waals surface area contributed by atoms with Crippen LogP contribution in [0, 0.1) is 0 Å². The predicted molar refractivity (Wildman–Crippen MR) is 62.9 cm³/mol. The summed E-state index contributed by atoms with van der Waals surface area (Å²) in [5.74, 6) is 1.23. The molecule has 0 saturated carbocycles. The van der Waals surface area contributed by atoms with Gasteiger partial charge in [-0.25, -0.2) is 0 Å². The predicted octanol–water partition coefficient (Wildman–Crippen LogP) is -0.0928. The SMILES string of the molecule is CSCCC1NC2(CCNCC2)NC1=O. The van der Waals surface area contributed by atoms with Crippen molar-refractivity contribution >= 4 is 17.7 Å². The van der Waals surface area contributed by atoms with E-state index in [1.807, 2.05) is 0 Å². The third-order valence-corrected chi connectivity index (χ3v) is 3.84. The highest BCUT2D eigenvalue weighted by molar-refractivity contribution is 7.98. The fourth-order valence-electron chi connectivity index (χ4n) is 2.32. The lowest BCUT2D eigenvalue weighted by Gasteiger charge is -2.34. The Morgan fingerprint density at radius 1 is 1.47 bits per heavy atom. The van der Waals surface area contributed by atoms with Crippen LogP contribution in [0.1, 0.15) is 19.3 Å². The van der Waals surface area contributed by atoms with Gasteiger partial charge in [0.1, 0.15) is 0 Å². The van der Waals surface area contributed by atoms with Gasteiger partial charge in [-0.3, -0.25) is 10.1 Å². The van der Waals surface area contributed by atoms with E-state index in [1.165, 1.54) is 0 Å². The molecule has 2 rings (SSSR count). The maximum Gasteiger partial charge on any atom is 0.238 e. The maximum absolute atomic E-state index is 11.8. The highest BCUT2D eigenvalue weighted by atomic mass is 32.2. The molecule has 0 aromatic heterocycles. The van der Waals surface area contributed by atoms with Gasteiger partial charge in [-0.2, -0.15) is 11.8 Å². The normalized spacial score (nSPS) is 29.4. The summed E-state index contributed by atoms with van der Waals surface area (Å²) in [6.45, 7) is 1.98. The van der Waals surface area contributed by atoms with Crippen LogP contribution in [0.25, 0.3) is 0 Å². The number of rotatable bonds is 3. The first-order chi connectivity index (χ1) is 7.26. The molecule has 0 aromatic carbocycles. The molecule has 2 aliphatic rings. The van der Waals surface area contributed by atoms with Gasteiger partial charge in [0.2, 0.25) is 5.91 Å². The monoisotopic (exact) mass is 229 g/mol. The number of carbonyl (C=O) groups excluding carboxylic acids is 1. The Balaban J connectivity index is 1.92.